The molecule has 5 heteroatoms. The van der Waals surface area contributed by atoms with E-state index in [1.807, 2.05) is 30.3 Å². The predicted octanol–water partition coefficient (Wildman–Crippen LogP) is 3.75. The molecular formula is C19H16FN3O. The summed E-state index contributed by atoms with van der Waals surface area (Å²) in [4.78, 5) is 12.5. The van der Waals surface area contributed by atoms with Crippen molar-refractivity contribution in [1.82, 2.24) is 9.78 Å². The number of carbonyl (C=O) groups excluding carboxylic acids is 1. The smallest absolute Gasteiger partial charge is 0.259 e. The second kappa shape index (κ2) is 5.92. The normalized spacial score (nSPS) is 12.9. The van der Waals surface area contributed by atoms with Crippen molar-refractivity contribution in [3.63, 3.8) is 0 Å². The molecule has 1 aromatic heterocycles. The molecule has 1 aliphatic carbocycles. The first kappa shape index (κ1) is 14.6. The number of halogens is 1. The third-order valence-corrected chi connectivity index (χ3v) is 4.26. The molecule has 120 valence electrons. The Morgan fingerprint density at radius 3 is 2.58 bits per heavy atom. The molecule has 0 bridgehead atoms. The van der Waals surface area contributed by atoms with Gasteiger partial charge in [-0.1, -0.05) is 30.3 Å². The lowest BCUT2D eigenvalue weighted by Gasteiger charge is -2.11. The van der Waals surface area contributed by atoms with Gasteiger partial charge in [-0.15, -0.1) is 0 Å². The van der Waals surface area contributed by atoms with E-state index in [0.29, 0.717) is 5.82 Å². The van der Waals surface area contributed by atoms with Crippen LogP contribution in [-0.2, 0) is 12.8 Å². The third-order valence-electron chi connectivity index (χ3n) is 4.26. The molecule has 1 N–H and O–H groups in total. The number of nitrogens with zero attached hydrogens (tertiary/aromatic N) is 2. The lowest BCUT2D eigenvalue weighted by Crippen LogP contribution is -2.17. The highest BCUT2D eigenvalue weighted by atomic mass is 19.1. The summed E-state index contributed by atoms with van der Waals surface area (Å²) in [7, 11) is 0. The van der Waals surface area contributed by atoms with E-state index in [9.17, 15) is 9.18 Å². The molecule has 0 saturated heterocycles. The number of aryl methyl sites for hydroxylation is 1. The molecule has 0 aliphatic heterocycles. The zero-order chi connectivity index (χ0) is 16.5. The van der Waals surface area contributed by atoms with Crippen LogP contribution in [0.25, 0.3) is 5.69 Å². The minimum Gasteiger partial charge on any atom is -0.306 e. The average Bonchev–Trinajstić information content (AvgIpc) is 3.19. The second-order valence-corrected chi connectivity index (χ2v) is 5.81. The first-order valence-corrected chi connectivity index (χ1v) is 7.96. The van der Waals surface area contributed by atoms with Crippen molar-refractivity contribution in [1.29, 1.82) is 0 Å². The van der Waals surface area contributed by atoms with Crippen molar-refractivity contribution in [2.75, 3.05) is 5.32 Å². The summed E-state index contributed by atoms with van der Waals surface area (Å²) < 4.78 is 15.6. The number of aromatic nitrogens is 2. The minimum atomic E-state index is -0.530. The summed E-state index contributed by atoms with van der Waals surface area (Å²) in [6, 6.07) is 15.6. The summed E-state index contributed by atoms with van der Waals surface area (Å²) in [6.45, 7) is 0. The van der Waals surface area contributed by atoms with Crippen LogP contribution in [0, 0.1) is 5.82 Å². The Hall–Kier alpha value is -2.95. The molecular weight excluding hydrogens is 305 g/mol. The fourth-order valence-corrected chi connectivity index (χ4v) is 3.10. The predicted molar refractivity (Wildman–Crippen MR) is 89.9 cm³/mol. The summed E-state index contributed by atoms with van der Waals surface area (Å²) in [5, 5.41) is 7.51. The Morgan fingerprint density at radius 2 is 1.79 bits per heavy atom. The number of fused-ring (bicyclic) bond motifs is 1. The molecule has 0 atom stereocenters. The maximum absolute atomic E-state index is 13.9. The molecule has 1 aliphatic rings. The Morgan fingerprint density at radius 1 is 1.04 bits per heavy atom. The molecule has 0 spiro atoms. The van der Waals surface area contributed by atoms with Gasteiger partial charge in [-0.2, -0.15) is 5.10 Å². The molecule has 0 saturated carbocycles. The molecule has 1 heterocycles. The van der Waals surface area contributed by atoms with Crippen LogP contribution in [0.1, 0.15) is 28.0 Å². The molecule has 0 fully saturated rings. The number of para-hydroxylation sites is 1. The highest BCUT2D eigenvalue weighted by Crippen LogP contribution is 2.31. The maximum Gasteiger partial charge on any atom is 0.259 e. The third kappa shape index (κ3) is 2.48. The van der Waals surface area contributed by atoms with E-state index in [1.165, 1.54) is 12.1 Å². The summed E-state index contributed by atoms with van der Waals surface area (Å²) in [5.41, 5.74) is 2.95. The lowest BCUT2D eigenvalue weighted by atomic mass is 10.2. The van der Waals surface area contributed by atoms with Gasteiger partial charge in [0.1, 0.15) is 11.6 Å². The lowest BCUT2D eigenvalue weighted by molar-refractivity contribution is 0.102. The molecule has 0 radical (unpaired) electrons. The average molecular weight is 321 g/mol. The topological polar surface area (TPSA) is 46.9 Å². The van der Waals surface area contributed by atoms with E-state index in [1.54, 1.807) is 16.8 Å². The Kier molecular flexibility index (Phi) is 3.61. The number of benzene rings is 2. The number of hydrogen-bond acceptors (Lipinski definition) is 2. The van der Waals surface area contributed by atoms with Crippen molar-refractivity contribution in [2.45, 2.75) is 19.3 Å². The number of amides is 1. The first-order chi connectivity index (χ1) is 11.7. The van der Waals surface area contributed by atoms with E-state index in [2.05, 4.69) is 10.4 Å². The summed E-state index contributed by atoms with van der Waals surface area (Å²) in [5.74, 6) is -0.348. The van der Waals surface area contributed by atoms with Crippen LogP contribution in [-0.4, -0.2) is 15.7 Å². The van der Waals surface area contributed by atoms with Crippen molar-refractivity contribution >= 4 is 11.7 Å². The summed E-state index contributed by atoms with van der Waals surface area (Å²) in [6.07, 6.45) is 2.79. The van der Waals surface area contributed by atoms with Gasteiger partial charge in [0, 0.05) is 5.56 Å². The van der Waals surface area contributed by atoms with E-state index >= 15 is 0 Å². The van der Waals surface area contributed by atoms with Gasteiger partial charge >= 0.3 is 0 Å². The highest BCUT2D eigenvalue weighted by molar-refractivity contribution is 6.04. The Bertz CT molecular complexity index is 902. The Balaban J connectivity index is 1.75. The molecule has 0 unspecified atom stereocenters. The van der Waals surface area contributed by atoms with E-state index in [0.717, 1.165) is 36.2 Å². The van der Waals surface area contributed by atoms with Crippen molar-refractivity contribution in [3.05, 3.63) is 77.2 Å². The number of nitrogens with one attached hydrogen (secondary N) is 1. The van der Waals surface area contributed by atoms with Gasteiger partial charge in [-0.3, -0.25) is 4.79 Å². The van der Waals surface area contributed by atoms with Crippen LogP contribution in [0.4, 0.5) is 10.2 Å². The number of hydrogen-bond donors (Lipinski definition) is 1. The number of anilines is 1. The molecule has 1 amide bonds. The fraction of sp³-hybridized carbons (Fsp3) is 0.158. The quantitative estimate of drug-likeness (QED) is 0.798. The van der Waals surface area contributed by atoms with Crippen molar-refractivity contribution in [3.8, 4) is 5.69 Å². The number of rotatable bonds is 3. The van der Waals surface area contributed by atoms with Gasteiger partial charge < -0.3 is 5.32 Å². The Labute approximate surface area is 138 Å². The van der Waals surface area contributed by atoms with Gasteiger partial charge in [0.15, 0.2) is 0 Å². The second-order valence-electron chi connectivity index (χ2n) is 5.81. The van der Waals surface area contributed by atoms with Crippen LogP contribution in [0.15, 0.2) is 54.6 Å². The van der Waals surface area contributed by atoms with Gasteiger partial charge in [-0.25, -0.2) is 9.07 Å². The highest BCUT2D eigenvalue weighted by Gasteiger charge is 2.25. The monoisotopic (exact) mass is 321 g/mol. The number of carbonyl (C=O) groups is 1. The fourth-order valence-electron chi connectivity index (χ4n) is 3.10. The van der Waals surface area contributed by atoms with Crippen LogP contribution < -0.4 is 5.32 Å². The van der Waals surface area contributed by atoms with Crippen molar-refractivity contribution in [2.24, 2.45) is 0 Å². The van der Waals surface area contributed by atoms with E-state index < -0.39 is 11.7 Å². The molecule has 3 aromatic rings. The molecule has 24 heavy (non-hydrogen) atoms. The zero-order valence-electron chi connectivity index (χ0n) is 13.0. The molecule has 4 rings (SSSR count). The largest absolute Gasteiger partial charge is 0.306 e. The van der Waals surface area contributed by atoms with Crippen LogP contribution in [0.3, 0.4) is 0 Å². The van der Waals surface area contributed by atoms with Crippen LogP contribution in [0.5, 0.6) is 0 Å². The molecule has 4 nitrogen and oxygen atoms in total. The van der Waals surface area contributed by atoms with Gasteiger partial charge in [0.2, 0.25) is 0 Å². The standard InChI is InChI=1S/C19H16FN3O/c20-16-11-5-4-9-14(16)19(24)21-18-15-10-6-12-17(15)22-23(18)13-7-2-1-3-8-13/h1-5,7-9,11H,6,10,12H2,(H,21,24). The molecule has 2 aromatic carbocycles. The maximum atomic E-state index is 13.9. The van der Waals surface area contributed by atoms with Gasteiger partial charge in [-0.05, 0) is 43.5 Å². The summed E-state index contributed by atoms with van der Waals surface area (Å²) >= 11 is 0. The first-order valence-electron chi connectivity index (χ1n) is 7.96. The minimum absolute atomic E-state index is 0.0325. The van der Waals surface area contributed by atoms with E-state index in [4.69, 9.17) is 0 Å². The van der Waals surface area contributed by atoms with E-state index in [-0.39, 0.29) is 5.56 Å². The SMILES string of the molecule is O=C(Nc1c2c(nn1-c1ccccc1)CCC2)c1ccccc1F. The van der Waals surface area contributed by atoms with Crippen molar-refractivity contribution < 1.29 is 9.18 Å². The zero-order valence-corrected chi connectivity index (χ0v) is 13.0. The van der Waals surface area contributed by atoms with Crippen LogP contribution >= 0.6 is 0 Å². The van der Waals surface area contributed by atoms with Gasteiger partial charge in [0.05, 0.1) is 16.9 Å². The van der Waals surface area contributed by atoms with Gasteiger partial charge in [0.25, 0.3) is 5.91 Å². The van der Waals surface area contributed by atoms with Crippen LogP contribution in [0.2, 0.25) is 0 Å².